The van der Waals surface area contributed by atoms with Crippen LogP contribution in [0.2, 0.25) is 0 Å². The maximum atomic E-state index is 13.2. The summed E-state index contributed by atoms with van der Waals surface area (Å²) >= 11 is 7.02. The number of rotatable bonds is 16. The Kier molecular flexibility index (Phi) is 14.8. The van der Waals surface area contributed by atoms with E-state index in [4.69, 9.17) is 5.73 Å². The van der Waals surface area contributed by atoms with Gasteiger partial charge in [-0.1, -0.05) is 30.3 Å². The van der Waals surface area contributed by atoms with Crippen molar-refractivity contribution in [3.05, 3.63) is 35.9 Å². The first-order chi connectivity index (χ1) is 16.2. The van der Waals surface area contributed by atoms with Gasteiger partial charge in [0.15, 0.2) is 0 Å². The lowest BCUT2D eigenvalue weighted by Gasteiger charge is -2.25. The average Bonchev–Trinajstić information content (AvgIpc) is 2.83. The molecule has 1 aromatic rings. The van der Waals surface area contributed by atoms with Crippen LogP contribution in [-0.2, 0) is 25.6 Å². The fourth-order valence-corrected chi connectivity index (χ4v) is 4.16. The molecule has 0 spiro atoms. The highest BCUT2D eigenvalue weighted by molar-refractivity contribution is 7.98. The summed E-state index contributed by atoms with van der Waals surface area (Å²) in [6.07, 6.45) is 4.74. The second-order valence-electron chi connectivity index (χ2n) is 7.56. The number of hydrogen-bond acceptors (Lipinski definition) is 8. The minimum atomic E-state index is -1.22. The van der Waals surface area contributed by atoms with Crippen LogP contribution >= 0.6 is 36.2 Å². The van der Waals surface area contributed by atoms with Crippen molar-refractivity contribution in [2.24, 2.45) is 5.73 Å². The van der Waals surface area contributed by atoms with Crippen LogP contribution in [0.3, 0.4) is 0 Å². The number of thioether (sulfide) groups is 2. The van der Waals surface area contributed by atoms with Crippen molar-refractivity contribution in [2.45, 2.75) is 43.4 Å². The Morgan fingerprint density at radius 2 is 1.41 bits per heavy atom. The fourth-order valence-electron chi connectivity index (χ4n) is 2.95. The quantitative estimate of drug-likeness (QED) is 0.169. The Balaban J connectivity index is 3.02. The van der Waals surface area contributed by atoms with Gasteiger partial charge in [-0.15, -0.1) is 0 Å². The molecule has 0 aliphatic carbocycles. The molecule has 0 heterocycles. The smallest absolute Gasteiger partial charge is 0.327 e. The number of carbonyl (C=O) groups excluding carboxylic acids is 3. The average molecular weight is 531 g/mol. The summed E-state index contributed by atoms with van der Waals surface area (Å²) in [5, 5.41) is 17.0. The number of carbonyl (C=O) groups is 4. The summed E-state index contributed by atoms with van der Waals surface area (Å²) in [6, 6.07) is 5.30. The van der Waals surface area contributed by atoms with Gasteiger partial charge >= 0.3 is 5.97 Å². The lowest BCUT2D eigenvalue weighted by atomic mass is 10.0. The SMILES string of the molecule is CSCCC(N)C(=O)NC(Cc1ccccc1)C(=O)NC(CCSC)C(=O)NC(CS)C(=O)O. The molecule has 0 aromatic heterocycles. The van der Waals surface area contributed by atoms with E-state index < -0.39 is 47.9 Å². The van der Waals surface area contributed by atoms with Gasteiger partial charge in [0, 0.05) is 12.2 Å². The van der Waals surface area contributed by atoms with Gasteiger partial charge in [-0.2, -0.15) is 36.2 Å². The highest BCUT2D eigenvalue weighted by Gasteiger charge is 2.30. The number of hydrogen-bond donors (Lipinski definition) is 6. The number of aliphatic carboxylic acids is 1. The summed E-state index contributed by atoms with van der Waals surface area (Å²) in [4.78, 5) is 49.8. The Bertz CT molecular complexity index is 800. The molecule has 4 atom stereocenters. The van der Waals surface area contributed by atoms with Gasteiger partial charge in [-0.05, 0) is 42.4 Å². The van der Waals surface area contributed by atoms with Crippen LogP contribution < -0.4 is 21.7 Å². The van der Waals surface area contributed by atoms with E-state index >= 15 is 0 Å². The first-order valence-corrected chi connectivity index (χ1v) is 14.2. The largest absolute Gasteiger partial charge is 0.480 e. The number of amides is 3. The van der Waals surface area contributed by atoms with Crippen molar-refractivity contribution < 1.29 is 24.3 Å². The van der Waals surface area contributed by atoms with Crippen molar-refractivity contribution in [1.82, 2.24) is 16.0 Å². The van der Waals surface area contributed by atoms with E-state index in [0.717, 1.165) is 5.56 Å². The van der Waals surface area contributed by atoms with Crippen LogP contribution in [-0.4, -0.2) is 82.7 Å². The van der Waals surface area contributed by atoms with E-state index in [1.54, 1.807) is 11.8 Å². The first kappa shape index (κ1) is 30.1. The van der Waals surface area contributed by atoms with E-state index in [0.29, 0.717) is 17.9 Å². The first-order valence-electron chi connectivity index (χ1n) is 10.8. The molecule has 190 valence electrons. The van der Waals surface area contributed by atoms with Gasteiger partial charge < -0.3 is 26.8 Å². The molecule has 0 saturated heterocycles. The fraction of sp³-hybridized carbons (Fsp3) is 0.545. The predicted molar refractivity (Wildman–Crippen MR) is 141 cm³/mol. The van der Waals surface area contributed by atoms with Gasteiger partial charge in [-0.3, -0.25) is 14.4 Å². The number of carboxylic acid groups (broad SMARTS) is 1. The minimum Gasteiger partial charge on any atom is -0.480 e. The number of nitrogens with two attached hydrogens (primary N) is 1. The number of thiol groups is 1. The highest BCUT2D eigenvalue weighted by atomic mass is 32.2. The molecule has 4 unspecified atom stereocenters. The summed E-state index contributed by atoms with van der Waals surface area (Å²) in [5.41, 5.74) is 6.80. The van der Waals surface area contributed by atoms with Gasteiger partial charge in [0.2, 0.25) is 17.7 Å². The van der Waals surface area contributed by atoms with Crippen LogP contribution in [0.25, 0.3) is 0 Å². The van der Waals surface area contributed by atoms with Crippen LogP contribution in [0.5, 0.6) is 0 Å². The van der Waals surface area contributed by atoms with Gasteiger partial charge in [-0.25, -0.2) is 4.79 Å². The van der Waals surface area contributed by atoms with E-state index in [2.05, 4.69) is 28.6 Å². The van der Waals surface area contributed by atoms with Crippen LogP contribution in [0.4, 0.5) is 0 Å². The van der Waals surface area contributed by atoms with Crippen molar-refractivity contribution >= 4 is 59.8 Å². The molecule has 1 rings (SSSR count). The second-order valence-corrected chi connectivity index (χ2v) is 9.90. The third-order valence-corrected chi connectivity index (χ3v) is 6.58. The molecule has 12 heteroatoms. The van der Waals surface area contributed by atoms with Crippen LogP contribution in [0.1, 0.15) is 18.4 Å². The van der Waals surface area contributed by atoms with Crippen molar-refractivity contribution in [1.29, 1.82) is 0 Å². The molecular weight excluding hydrogens is 496 g/mol. The molecular formula is C22H34N4O5S3. The van der Waals surface area contributed by atoms with Crippen LogP contribution in [0, 0.1) is 0 Å². The third kappa shape index (κ3) is 11.0. The number of benzene rings is 1. The van der Waals surface area contributed by atoms with Crippen LogP contribution in [0.15, 0.2) is 30.3 Å². The molecule has 0 aliphatic heterocycles. The van der Waals surface area contributed by atoms with Crippen molar-refractivity contribution in [2.75, 3.05) is 29.8 Å². The molecule has 9 nitrogen and oxygen atoms in total. The van der Waals surface area contributed by atoms with Gasteiger partial charge in [0.05, 0.1) is 6.04 Å². The van der Waals surface area contributed by atoms with E-state index in [-0.39, 0.29) is 18.6 Å². The molecule has 0 radical (unpaired) electrons. The van der Waals surface area contributed by atoms with Gasteiger partial charge in [0.25, 0.3) is 0 Å². The molecule has 0 saturated carbocycles. The molecule has 1 aromatic carbocycles. The maximum Gasteiger partial charge on any atom is 0.327 e. The van der Waals surface area contributed by atoms with E-state index in [9.17, 15) is 24.3 Å². The maximum absolute atomic E-state index is 13.2. The van der Waals surface area contributed by atoms with Gasteiger partial charge in [0.1, 0.15) is 18.1 Å². The Morgan fingerprint density at radius 1 is 0.882 bits per heavy atom. The zero-order chi connectivity index (χ0) is 25.5. The summed E-state index contributed by atoms with van der Waals surface area (Å²) in [7, 11) is 0. The Hall–Kier alpha value is -1.89. The Morgan fingerprint density at radius 3 is 1.97 bits per heavy atom. The number of carboxylic acids is 1. The lowest BCUT2D eigenvalue weighted by molar-refractivity contribution is -0.141. The lowest BCUT2D eigenvalue weighted by Crippen LogP contribution is -2.58. The number of nitrogens with one attached hydrogen (secondary N) is 3. The summed E-state index contributed by atoms with van der Waals surface area (Å²) in [5.74, 6) is -1.66. The van der Waals surface area contributed by atoms with E-state index in [1.807, 2.05) is 42.8 Å². The molecule has 0 bridgehead atoms. The molecule has 6 N–H and O–H groups in total. The van der Waals surface area contributed by atoms with Crippen molar-refractivity contribution in [3.63, 3.8) is 0 Å². The standard InChI is InChI=1S/C22H34N4O5S3/c1-33-10-8-15(23)19(27)25-17(12-14-6-4-3-5-7-14)21(29)24-16(9-11-34-2)20(28)26-18(13-32)22(30)31/h3-7,15-18,32H,8-13,23H2,1-2H3,(H,24,29)(H,25,27)(H,26,28)(H,30,31). The highest BCUT2D eigenvalue weighted by Crippen LogP contribution is 2.08. The molecule has 0 aliphatic rings. The zero-order valence-electron chi connectivity index (χ0n) is 19.4. The van der Waals surface area contributed by atoms with Crippen molar-refractivity contribution in [3.8, 4) is 0 Å². The molecule has 34 heavy (non-hydrogen) atoms. The Labute approximate surface area is 214 Å². The second kappa shape index (κ2) is 16.7. The predicted octanol–water partition coefficient (Wildman–Crippen LogP) is 0.531. The summed E-state index contributed by atoms with van der Waals surface area (Å²) in [6.45, 7) is 0. The summed E-state index contributed by atoms with van der Waals surface area (Å²) < 4.78 is 0. The third-order valence-electron chi connectivity index (χ3n) is 4.93. The molecule has 3 amide bonds. The molecule has 0 fully saturated rings. The monoisotopic (exact) mass is 530 g/mol. The zero-order valence-corrected chi connectivity index (χ0v) is 21.9. The normalized spacial score (nSPS) is 14.4. The van der Waals surface area contributed by atoms with E-state index in [1.165, 1.54) is 11.8 Å². The topological polar surface area (TPSA) is 151 Å². The minimum absolute atomic E-state index is 0.0924.